The van der Waals surface area contributed by atoms with Crippen LogP contribution in [0.5, 0.6) is 0 Å². The standard InChI is InChI=1S/C12H12BrFN4OS/c1-2-5-15-12-18-17-11(20-12)10(19)16-9-6-7(13)3-4-8(9)14/h3-4,6H,2,5H2,1H3,(H,15,18)(H,16,19). The number of carbonyl (C=O) groups is 1. The fourth-order valence-electron chi connectivity index (χ4n) is 1.39. The summed E-state index contributed by atoms with van der Waals surface area (Å²) in [6.07, 6.45) is 0.949. The van der Waals surface area contributed by atoms with Gasteiger partial charge in [-0.25, -0.2) is 4.39 Å². The fraction of sp³-hybridized carbons (Fsp3) is 0.250. The molecule has 0 bridgehead atoms. The number of rotatable bonds is 5. The van der Waals surface area contributed by atoms with Crippen molar-refractivity contribution < 1.29 is 9.18 Å². The van der Waals surface area contributed by atoms with Crippen molar-refractivity contribution in [1.82, 2.24) is 10.2 Å². The molecule has 1 aromatic heterocycles. The van der Waals surface area contributed by atoms with Gasteiger partial charge in [-0.2, -0.15) is 0 Å². The van der Waals surface area contributed by atoms with Crippen molar-refractivity contribution in [3.05, 3.63) is 33.5 Å². The average molecular weight is 359 g/mol. The number of amides is 1. The van der Waals surface area contributed by atoms with E-state index in [9.17, 15) is 9.18 Å². The Kier molecular flexibility index (Phi) is 5.02. The molecule has 0 atom stereocenters. The summed E-state index contributed by atoms with van der Waals surface area (Å²) < 4.78 is 14.2. The monoisotopic (exact) mass is 358 g/mol. The maximum absolute atomic E-state index is 13.5. The highest BCUT2D eigenvalue weighted by atomic mass is 79.9. The number of nitrogens with one attached hydrogen (secondary N) is 2. The molecule has 1 aromatic carbocycles. The molecule has 2 rings (SSSR count). The van der Waals surface area contributed by atoms with E-state index in [-0.39, 0.29) is 10.7 Å². The second-order valence-corrected chi connectivity index (χ2v) is 5.81. The Bertz CT molecular complexity index is 619. The molecule has 5 nitrogen and oxygen atoms in total. The minimum atomic E-state index is -0.504. The predicted molar refractivity (Wildman–Crippen MR) is 80.7 cm³/mol. The summed E-state index contributed by atoms with van der Waals surface area (Å²) >= 11 is 4.35. The predicted octanol–water partition coefficient (Wildman–Crippen LogP) is 3.51. The van der Waals surface area contributed by atoms with Gasteiger partial charge < -0.3 is 10.6 Å². The number of nitrogens with zero attached hydrogens (tertiary/aromatic N) is 2. The van der Waals surface area contributed by atoms with E-state index in [2.05, 4.69) is 36.8 Å². The number of hydrogen-bond acceptors (Lipinski definition) is 5. The highest BCUT2D eigenvalue weighted by Crippen LogP contribution is 2.22. The van der Waals surface area contributed by atoms with Gasteiger partial charge in [-0.3, -0.25) is 4.79 Å². The third-order valence-corrected chi connectivity index (χ3v) is 3.70. The second-order valence-electron chi connectivity index (χ2n) is 3.92. The average Bonchev–Trinajstić information content (AvgIpc) is 2.89. The van der Waals surface area contributed by atoms with Gasteiger partial charge in [0, 0.05) is 11.0 Å². The Hall–Kier alpha value is -1.54. The highest BCUT2D eigenvalue weighted by molar-refractivity contribution is 9.10. The molecule has 8 heteroatoms. The SMILES string of the molecule is CCCNc1nnc(C(=O)Nc2cc(Br)ccc2F)s1. The van der Waals surface area contributed by atoms with E-state index >= 15 is 0 Å². The molecule has 0 saturated carbocycles. The molecule has 20 heavy (non-hydrogen) atoms. The fourth-order valence-corrected chi connectivity index (χ4v) is 2.41. The van der Waals surface area contributed by atoms with Gasteiger partial charge >= 0.3 is 0 Å². The van der Waals surface area contributed by atoms with E-state index in [1.54, 1.807) is 6.07 Å². The lowest BCUT2D eigenvalue weighted by Gasteiger charge is -2.04. The zero-order valence-electron chi connectivity index (χ0n) is 10.6. The van der Waals surface area contributed by atoms with Gasteiger partial charge in [0.1, 0.15) is 5.82 Å². The Labute approximate surface area is 127 Å². The zero-order chi connectivity index (χ0) is 14.5. The van der Waals surface area contributed by atoms with E-state index in [4.69, 9.17) is 0 Å². The van der Waals surface area contributed by atoms with Crippen molar-refractivity contribution in [2.75, 3.05) is 17.2 Å². The molecule has 0 saturated heterocycles. The van der Waals surface area contributed by atoms with Crippen molar-refractivity contribution in [3.8, 4) is 0 Å². The van der Waals surface area contributed by atoms with E-state index in [0.717, 1.165) is 24.3 Å². The maximum atomic E-state index is 13.5. The molecule has 1 amide bonds. The number of hydrogen-bond donors (Lipinski definition) is 2. The van der Waals surface area contributed by atoms with Crippen LogP contribution in [-0.4, -0.2) is 22.6 Å². The zero-order valence-corrected chi connectivity index (χ0v) is 13.0. The lowest BCUT2D eigenvalue weighted by molar-refractivity contribution is 0.102. The molecule has 0 aliphatic heterocycles. The van der Waals surface area contributed by atoms with Crippen LogP contribution in [0.2, 0.25) is 0 Å². The number of halogens is 2. The van der Waals surface area contributed by atoms with Crippen LogP contribution in [0.25, 0.3) is 0 Å². The molecule has 2 N–H and O–H groups in total. The van der Waals surface area contributed by atoms with Crippen molar-refractivity contribution in [2.45, 2.75) is 13.3 Å². The first kappa shape index (κ1) is 14.9. The lowest BCUT2D eigenvalue weighted by atomic mass is 10.3. The molecule has 0 fully saturated rings. The molecule has 0 unspecified atom stereocenters. The Morgan fingerprint density at radius 1 is 1.45 bits per heavy atom. The lowest BCUT2D eigenvalue weighted by Crippen LogP contribution is -2.12. The molecule has 0 aliphatic rings. The molecule has 0 spiro atoms. The Balaban J connectivity index is 2.08. The Morgan fingerprint density at radius 2 is 2.25 bits per heavy atom. The third-order valence-electron chi connectivity index (χ3n) is 2.32. The van der Waals surface area contributed by atoms with E-state index in [1.807, 2.05) is 6.92 Å². The topological polar surface area (TPSA) is 66.9 Å². The van der Waals surface area contributed by atoms with Gasteiger partial charge in [0.15, 0.2) is 0 Å². The molecule has 106 valence electrons. The summed E-state index contributed by atoms with van der Waals surface area (Å²) in [6, 6.07) is 4.32. The Morgan fingerprint density at radius 3 is 3.00 bits per heavy atom. The van der Waals surface area contributed by atoms with E-state index < -0.39 is 11.7 Å². The largest absolute Gasteiger partial charge is 0.360 e. The van der Waals surface area contributed by atoms with Gasteiger partial charge in [-0.05, 0) is 24.6 Å². The van der Waals surface area contributed by atoms with Gasteiger partial charge in [0.25, 0.3) is 5.91 Å². The van der Waals surface area contributed by atoms with Crippen LogP contribution in [-0.2, 0) is 0 Å². The molecule has 1 heterocycles. The van der Waals surface area contributed by atoms with Gasteiger partial charge in [-0.1, -0.05) is 34.2 Å². The summed E-state index contributed by atoms with van der Waals surface area (Å²) in [5.74, 6) is -0.987. The van der Waals surface area contributed by atoms with Crippen molar-refractivity contribution in [3.63, 3.8) is 0 Å². The van der Waals surface area contributed by atoms with Crippen LogP contribution >= 0.6 is 27.3 Å². The molecule has 0 aliphatic carbocycles. The number of anilines is 2. The quantitative estimate of drug-likeness (QED) is 0.857. The number of aromatic nitrogens is 2. The summed E-state index contributed by atoms with van der Waals surface area (Å²) in [6.45, 7) is 2.79. The van der Waals surface area contributed by atoms with Gasteiger partial charge in [0.05, 0.1) is 5.69 Å². The van der Waals surface area contributed by atoms with Crippen LogP contribution in [0, 0.1) is 5.82 Å². The van der Waals surface area contributed by atoms with Crippen LogP contribution in [0.3, 0.4) is 0 Å². The molecule has 2 aromatic rings. The first-order valence-corrected chi connectivity index (χ1v) is 7.55. The van der Waals surface area contributed by atoms with Crippen LogP contribution in [0.1, 0.15) is 23.1 Å². The van der Waals surface area contributed by atoms with E-state index in [1.165, 1.54) is 12.1 Å². The van der Waals surface area contributed by atoms with Crippen LogP contribution in [0.15, 0.2) is 22.7 Å². The first-order chi connectivity index (χ1) is 9.60. The van der Waals surface area contributed by atoms with Gasteiger partial charge in [-0.15, -0.1) is 10.2 Å². The summed E-state index contributed by atoms with van der Waals surface area (Å²) in [7, 11) is 0. The molecular weight excluding hydrogens is 347 g/mol. The number of benzene rings is 1. The maximum Gasteiger partial charge on any atom is 0.286 e. The van der Waals surface area contributed by atoms with Crippen molar-refractivity contribution in [1.29, 1.82) is 0 Å². The normalized spacial score (nSPS) is 10.3. The number of carbonyl (C=O) groups excluding carboxylic acids is 1. The van der Waals surface area contributed by atoms with Gasteiger partial charge in [0.2, 0.25) is 10.1 Å². The summed E-state index contributed by atoms with van der Waals surface area (Å²) in [5.41, 5.74) is 0.0997. The molecule has 0 radical (unpaired) electrons. The van der Waals surface area contributed by atoms with Crippen molar-refractivity contribution in [2.24, 2.45) is 0 Å². The highest BCUT2D eigenvalue weighted by Gasteiger charge is 2.14. The third kappa shape index (κ3) is 3.73. The minimum Gasteiger partial charge on any atom is -0.360 e. The summed E-state index contributed by atoms with van der Waals surface area (Å²) in [4.78, 5) is 12.0. The van der Waals surface area contributed by atoms with Crippen LogP contribution < -0.4 is 10.6 Å². The summed E-state index contributed by atoms with van der Waals surface area (Å²) in [5, 5.41) is 13.9. The van der Waals surface area contributed by atoms with Crippen molar-refractivity contribution >= 4 is 44.0 Å². The van der Waals surface area contributed by atoms with Crippen LogP contribution in [0.4, 0.5) is 15.2 Å². The smallest absolute Gasteiger partial charge is 0.286 e. The minimum absolute atomic E-state index is 0.0997. The molecular formula is C12H12BrFN4OS. The van der Waals surface area contributed by atoms with E-state index in [0.29, 0.717) is 9.60 Å². The second kappa shape index (κ2) is 6.76. The first-order valence-electron chi connectivity index (χ1n) is 5.94.